The van der Waals surface area contributed by atoms with Crippen LogP contribution in [0.25, 0.3) is 0 Å². The Morgan fingerprint density at radius 1 is 1.20 bits per heavy atom. The van der Waals surface area contributed by atoms with Crippen molar-refractivity contribution in [2.75, 3.05) is 26.4 Å². The lowest BCUT2D eigenvalue weighted by Crippen LogP contribution is -2.65. The van der Waals surface area contributed by atoms with E-state index in [1.807, 2.05) is 32.8 Å². The Balaban J connectivity index is 1.90. The van der Waals surface area contributed by atoms with Gasteiger partial charge in [0.1, 0.15) is 17.5 Å². The normalized spacial score (nSPS) is 15.9. The minimum absolute atomic E-state index is 0.0178. The monoisotopic (exact) mass is 599 g/mol. The number of alkyl halides is 3. The van der Waals surface area contributed by atoms with E-state index in [9.17, 15) is 27.6 Å². The van der Waals surface area contributed by atoms with E-state index in [0.29, 0.717) is 37.8 Å². The molecule has 1 N–H and O–H groups in total. The Morgan fingerprint density at radius 2 is 1.90 bits per heavy atom. The molecule has 1 aliphatic carbocycles. The van der Waals surface area contributed by atoms with E-state index in [-0.39, 0.29) is 29.0 Å². The first-order valence-corrected chi connectivity index (χ1v) is 14.4. The summed E-state index contributed by atoms with van der Waals surface area (Å²) in [6.07, 6.45) is -1.22. The molecular formula is C27H36F3N5O5S. The molecule has 14 heteroatoms. The molecular weight excluding hydrogens is 563 g/mol. The summed E-state index contributed by atoms with van der Waals surface area (Å²) in [6.45, 7) is 4.56. The molecule has 41 heavy (non-hydrogen) atoms. The van der Waals surface area contributed by atoms with Gasteiger partial charge in [-0.25, -0.2) is 0 Å². The molecule has 1 saturated carbocycles. The second-order valence-corrected chi connectivity index (χ2v) is 11.7. The van der Waals surface area contributed by atoms with Crippen molar-refractivity contribution in [3.05, 3.63) is 35.7 Å². The van der Waals surface area contributed by atoms with E-state index in [2.05, 4.69) is 20.3 Å². The zero-order valence-corrected chi connectivity index (χ0v) is 24.4. The lowest BCUT2D eigenvalue weighted by atomic mass is 9.84. The minimum atomic E-state index is -4.92. The van der Waals surface area contributed by atoms with Gasteiger partial charge >= 0.3 is 6.36 Å². The first-order chi connectivity index (χ1) is 19.3. The first-order valence-electron chi connectivity index (χ1n) is 13.4. The van der Waals surface area contributed by atoms with E-state index in [1.54, 1.807) is 0 Å². The Hall–Kier alpha value is -3.13. The zero-order valence-electron chi connectivity index (χ0n) is 23.6. The number of ketones is 1. The van der Waals surface area contributed by atoms with Gasteiger partial charge in [0.2, 0.25) is 12.2 Å². The van der Waals surface area contributed by atoms with Crippen molar-refractivity contribution in [1.29, 1.82) is 0 Å². The predicted molar refractivity (Wildman–Crippen MR) is 145 cm³/mol. The van der Waals surface area contributed by atoms with Crippen molar-refractivity contribution in [2.24, 2.45) is 5.92 Å². The highest BCUT2D eigenvalue weighted by Gasteiger charge is 2.45. The number of amides is 2. The number of hydrogen-bond acceptors (Lipinski definition) is 9. The quantitative estimate of drug-likeness (QED) is 0.142. The topological polar surface area (TPSA) is 118 Å². The summed E-state index contributed by atoms with van der Waals surface area (Å²) in [6, 6.07) is 3.68. The number of nitrogens with one attached hydrogen (secondary N) is 1. The molecule has 1 aromatic carbocycles. The van der Waals surface area contributed by atoms with Crippen LogP contribution in [0.15, 0.2) is 33.9 Å². The molecule has 1 aromatic heterocycles. The number of aromatic nitrogens is 2. The fourth-order valence-electron chi connectivity index (χ4n) is 4.79. The van der Waals surface area contributed by atoms with Crippen LogP contribution >= 0.6 is 11.8 Å². The molecule has 0 aliphatic heterocycles. The smallest absolute Gasteiger partial charge is 0.408 e. The third kappa shape index (κ3) is 9.18. The van der Waals surface area contributed by atoms with Gasteiger partial charge in [0.15, 0.2) is 0 Å². The van der Waals surface area contributed by atoms with E-state index in [4.69, 9.17) is 4.42 Å². The van der Waals surface area contributed by atoms with Crippen molar-refractivity contribution < 1.29 is 36.7 Å². The van der Waals surface area contributed by atoms with E-state index in [0.717, 1.165) is 25.1 Å². The van der Waals surface area contributed by atoms with Crippen molar-refractivity contribution in [3.8, 4) is 5.75 Å². The van der Waals surface area contributed by atoms with Crippen LogP contribution in [0.1, 0.15) is 73.4 Å². The van der Waals surface area contributed by atoms with Crippen LogP contribution < -0.4 is 10.1 Å². The second kappa shape index (κ2) is 14.2. The Labute approximate surface area is 241 Å². The largest absolute Gasteiger partial charge is 0.573 e. The number of nitrogens with zero attached hydrogens (tertiary/aromatic N) is 4. The van der Waals surface area contributed by atoms with Crippen LogP contribution in [-0.2, 0) is 4.79 Å². The third-order valence-corrected chi connectivity index (χ3v) is 7.48. The first kappa shape index (κ1) is 32.4. The van der Waals surface area contributed by atoms with Crippen LogP contribution in [-0.4, -0.2) is 82.6 Å². The average Bonchev–Trinajstić information content (AvgIpc) is 3.36. The minimum Gasteiger partial charge on any atom is -0.408 e. The Kier molecular flexibility index (Phi) is 11.2. The molecule has 0 radical (unpaired) electrons. The number of carbonyl (C=O) groups excluding carboxylic acids is 3. The Bertz CT molecular complexity index is 1180. The summed E-state index contributed by atoms with van der Waals surface area (Å²) >= 11 is 1.31. The van der Waals surface area contributed by atoms with Crippen molar-refractivity contribution >= 4 is 29.9 Å². The van der Waals surface area contributed by atoms with Crippen molar-refractivity contribution in [3.63, 3.8) is 0 Å². The SMILES string of the molecule is CC(C)CC(C(=O)c1nnc(SCCN(C)C)o1)N(C=O)C1(NC(=O)c2cccc(OC(F)(F)F)c2)CCCCC1. The van der Waals surface area contributed by atoms with Crippen LogP contribution in [0.5, 0.6) is 5.75 Å². The van der Waals surface area contributed by atoms with Crippen LogP contribution in [0.2, 0.25) is 0 Å². The van der Waals surface area contributed by atoms with Gasteiger partial charge in [0.05, 0.1) is 0 Å². The molecule has 1 fully saturated rings. The molecule has 1 aliphatic rings. The number of benzene rings is 1. The fourth-order valence-corrected chi connectivity index (χ4v) is 5.66. The molecule has 1 heterocycles. The number of Topliss-reactive ketones (excluding diaryl/α,β-unsaturated/α-hetero) is 1. The lowest BCUT2D eigenvalue weighted by molar-refractivity contribution is -0.274. The number of carbonyl (C=O) groups is 3. The summed E-state index contributed by atoms with van der Waals surface area (Å²) in [5.41, 5.74) is -1.33. The number of hydrogen-bond donors (Lipinski definition) is 1. The van der Waals surface area contributed by atoms with E-state index >= 15 is 0 Å². The molecule has 1 unspecified atom stereocenters. The maximum atomic E-state index is 13.7. The third-order valence-electron chi connectivity index (χ3n) is 6.68. The average molecular weight is 600 g/mol. The summed E-state index contributed by atoms with van der Waals surface area (Å²) in [5, 5.41) is 11.0. The summed E-state index contributed by atoms with van der Waals surface area (Å²) in [4.78, 5) is 43.1. The fraction of sp³-hybridized carbons (Fsp3) is 0.593. The number of halogens is 3. The summed E-state index contributed by atoms with van der Waals surface area (Å²) < 4.78 is 47.8. The molecule has 0 bridgehead atoms. The van der Waals surface area contributed by atoms with E-state index in [1.165, 1.54) is 28.8 Å². The maximum absolute atomic E-state index is 13.7. The highest BCUT2D eigenvalue weighted by molar-refractivity contribution is 7.99. The molecule has 1 atom stereocenters. The van der Waals surface area contributed by atoms with Crippen molar-refractivity contribution in [2.45, 2.75) is 75.7 Å². The number of rotatable bonds is 14. The summed E-state index contributed by atoms with van der Waals surface area (Å²) in [7, 11) is 3.86. The van der Waals surface area contributed by atoms with Gasteiger partial charge in [-0.15, -0.1) is 23.4 Å². The maximum Gasteiger partial charge on any atom is 0.573 e. The molecule has 226 valence electrons. The van der Waals surface area contributed by atoms with Crippen molar-refractivity contribution in [1.82, 2.24) is 25.3 Å². The lowest BCUT2D eigenvalue weighted by Gasteiger charge is -2.48. The Morgan fingerprint density at radius 3 is 2.51 bits per heavy atom. The van der Waals surface area contributed by atoms with E-state index < -0.39 is 35.5 Å². The molecule has 2 amide bonds. The van der Waals surface area contributed by atoms with Crippen LogP contribution in [0, 0.1) is 5.92 Å². The van der Waals surface area contributed by atoms with Gasteiger partial charge in [-0.1, -0.05) is 38.1 Å². The van der Waals surface area contributed by atoms with Gasteiger partial charge < -0.3 is 24.3 Å². The van der Waals surface area contributed by atoms with Crippen LogP contribution in [0.3, 0.4) is 0 Å². The van der Waals surface area contributed by atoms with Gasteiger partial charge in [-0.2, -0.15) is 0 Å². The van der Waals surface area contributed by atoms with Gasteiger partial charge in [0, 0.05) is 17.9 Å². The van der Waals surface area contributed by atoms with Gasteiger partial charge in [0.25, 0.3) is 17.0 Å². The summed E-state index contributed by atoms with van der Waals surface area (Å²) in [5.74, 6) is -1.36. The highest BCUT2D eigenvalue weighted by Crippen LogP contribution is 2.35. The highest BCUT2D eigenvalue weighted by atomic mass is 32.2. The number of ether oxygens (including phenoxy) is 1. The van der Waals surface area contributed by atoms with Gasteiger partial charge in [-0.05, 0) is 70.3 Å². The standard InChI is InChI=1S/C27H36F3N5O5S/c1-18(2)15-21(22(37)24-32-33-25(39-24)41-14-13-34(3)4)35(17-36)26(11-6-5-7-12-26)31-23(38)19-9-8-10-20(16-19)40-27(28,29)30/h8-10,16-18,21H,5-7,11-15H2,1-4H3,(H,31,38). The zero-order chi connectivity index (χ0) is 30.2. The molecule has 0 saturated heterocycles. The molecule has 10 nitrogen and oxygen atoms in total. The predicted octanol–water partition coefficient (Wildman–Crippen LogP) is 4.77. The number of thioether (sulfide) groups is 1. The van der Waals surface area contributed by atoms with Crippen LogP contribution in [0.4, 0.5) is 13.2 Å². The molecule has 0 spiro atoms. The molecule has 3 rings (SSSR count). The second-order valence-electron chi connectivity index (χ2n) is 10.7. The molecule has 2 aromatic rings. The van der Waals surface area contributed by atoms with Gasteiger partial charge in [-0.3, -0.25) is 14.4 Å².